The van der Waals surface area contributed by atoms with Crippen molar-refractivity contribution in [1.82, 2.24) is 9.80 Å². The predicted molar refractivity (Wildman–Crippen MR) is 78.5 cm³/mol. The van der Waals surface area contributed by atoms with Crippen molar-refractivity contribution in [2.45, 2.75) is 51.0 Å². The number of likely N-dealkylation sites (tertiary alicyclic amines) is 1. The second-order valence-corrected chi connectivity index (χ2v) is 6.84. The zero-order chi connectivity index (χ0) is 14.8. The van der Waals surface area contributed by atoms with Crippen molar-refractivity contribution < 1.29 is 14.7 Å². The van der Waals surface area contributed by atoms with E-state index in [9.17, 15) is 14.7 Å². The molecule has 2 saturated carbocycles. The summed E-state index contributed by atoms with van der Waals surface area (Å²) in [5, 5.41) is 9.25. The summed E-state index contributed by atoms with van der Waals surface area (Å²) < 4.78 is 0. The van der Waals surface area contributed by atoms with Crippen molar-refractivity contribution in [3.05, 3.63) is 0 Å². The number of rotatable bonds is 6. The van der Waals surface area contributed by atoms with Gasteiger partial charge >= 0.3 is 0 Å². The second kappa shape index (κ2) is 6.34. The summed E-state index contributed by atoms with van der Waals surface area (Å²) in [6.45, 7) is 1.85. The van der Waals surface area contributed by atoms with Crippen LogP contribution in [0, 0.1) is 11.8 Å². The molecule has 3 fully saturated rings. The Bertz CT molecular complexity index is 402. The maximum absolute atomic E-state index is 12.8. The van der Waals surface area contributed by atoms with Gasteiger partial charge in [-0.3, -0.25) is 9.59 Å². The molecule has 1 saturated heterocycles. The van der Waals surface area contributed by atoms with Gasteiger partial charge in [-0.25, -0.2) is 0 Å². The first-order valence-electron chi connectivity index (χ1n) is 8.38. The van der Waals surface area contributed by atoms with Crippen molar-refractivity contribution in [2.24, 2.45) is 11.8 Å². The zero-order valence-electron chi connectivity index (χ0n) is 12.7. The lowest BCUT2D eigenvalue weighted by molar-refractivity contribution is -0.138. The Hall–Kier alpha value is -1.10. The van der Waals surface area contributed by atoms with Crippen LogP contribution < -0.4 is 0 Å². The van der Waals surface area contributed by atoms with Crippen LogP contribution in [0.5, 0.6) is 0 Å². The average molecular weight is 294 g/mol. The van der Waals surface area contributed by atoms with E-state index in [0.717, 1.165) is 32.2 Å². The highest BCUT2D eigenvalue weighted by Gasteiger charge is 2.40. The molecule has 1 heterocycles. The molecular weight excluding hydrogens is 268 g/mol. The van der Waals surface area contributed by atoms with Crippen molar-refractivity contribution in [2.75, 3.05) is 26.2 Å². The summed E-state index contributed by atoms with van der Waals surface area (Å²) >= 11 is 0. The van der Waals surface area contributed by atoms with Gasteiger partial charge in [0.05, 0.1) is 12.5 Å². The molecule has 3 aliphatic rings. The van der Waals surface area contributed by atoms with E-state index in [1.807, 2.05) is 9.80 Å². The number of hydrogen-bond donors (Lipinski definition) is 1. The number of amides is 2. The summed E-state index contributed by atoms with van der Waals surface area (Å²) in [4.78, 5) is 28.5. The second-order valence-electron chi connectivity index (χ2n) is 6.84. The Labute approximate surface area is 126 Å². The van der Waals surface area contributed by atoms with Gasteiger partial charge in [0.1, 0.15) is 0 Å². The van der Waals surface area contributed by atoms with Crippen molar-refractivity contribution in [3.8, 4) is 0 Å². The molecule has 1 unspecified atom stereocenters. The van der Waals surface area contributed by atoms with E-state index in [1.165, 1.54) is 12.8 Å². The van der Waals surface area contributed by atoms with Crippen LogP contribution in [0.2, 0.25) is 0 Å². The highest BCUT2D eigenvalue weighted by Crippen LogP contribution is 2.33. The predicted octanol–water partition coefficient (Wildman–Crippen LogP) is 1.01. The van der Waals surface area contributed by atoms with Crippen molar-refractivity contribution in [1.29, 1.82) is 0 Å². The van der Waals surface area contributed by atoms with Gasteiger partial charge in [0.15, 0.2) is 0 Å². The van der Waals surface area contributed by atoms with Crippen LogP contribution in [0.3, 0.4) is 0 Å². The van der Waals surface area contributed by atoms with Crippen LogP contribution in [-0.2, 0) is 9.59 Å². The van der Waals surface area contributed by atoms with Crippen molar-refractivity contribution >= 4 is 11.8 Å². The highest BCUT2D eigenvalue weighted by molar-refractivity contribution is 5.89. The molecule has 0 aromatic heterocycles. The molecular formula is C16H26N2O3. The van der Waals surface area contributed by atoms with Gasteiger partial charge in [-0.15, -0.1) is 0 Å². The molecule has 1 aliphatic heterocycles. The Kier molecular flexibility index (Phi) is 4.48. The Morgan fingerprint density at radius 2 is 1.95 bits per heavy atom. The van der Waals surface area contributed by atoms with Crippen LogP contribution >= 0.6 is 0 Å². The van der Waals surface area contributed by atoms with Crippen LogP contribution in [-0.4, -0.2) is 59.0 Å². The van der Waals surface area contributed by atoms with Gasteiger partial charge in [0.2, 0.25) is 11.8 Å². The largest absolute Gasteiger partial charge is 0.395 e. The lowest BCUT2D eigenvalue weighted by Gasteiger charge is -2.30. The average Bonchev–Trinajstić information content (AvgIpc) is 2.98. The molecule has 0 radical (unpaired) electrons. The minimum atomic E-state index is -0.191. The molecule has 1 atom stereocenters. The molecule has 0 aromatic rings. The molecule has 2 amide bonds. The van der Waals surface area contributed by atoms with Crippen LogP contribution in [0.15, 0.2) is 0 Å². The Morgan fingerprint density at radius 3 is 2.57 bits per heavy atom. The first-order chi connectivity index (χ1) is 10.2. The minimum absolute atomic E-state index is 0.00863. The third kappa shape index (κ3) is 3.39. The molecule has 21 heavy (non-hydrogen) atoms. The molecule has 0 aromatic carbocycles. The van der Waals surface area contributed by atoms with E-state index in [2.05, 4.69) is 0 Å². The molecule has 0 bridgehead atoms. The van der Waals surface area contributed by atoms with Gasteiger partial charge in [0.25, 0.3) is 0 Å². The number of aliphatic hydroxyl groups is 1. The molecule has 0 spiro atoms. The van der Waals surface area contributed by atoms with E-state index in [-0.39, 0.29) is 30.4 Å². The van der Waals surface area contributed by atoms with E-state index in [0.29, 0.717) is 25.4 Å². The van der Waals surface area contributed by atoms with Gasteiger partial charge in [-0.2, -0.15) is 0 Å². The maximum atomic E-state index is 12.8. The van der Waals surface area contributed by atoms with Crippen molar-refractivity contribution in [3.63, 3.8) is 0 Å². The SMILES string of the molecule is O=C1CC(C(=O)N(CCO)C2CCCC2)CN1CC1CC1. The van der Waals surface area contributed by atoms with Crippen LogP contribution in [0.1, 0.15) is 44.9 Å². The van der Waals surface area contributed by atoms with E-state index in [4.69, 9.17) is 0 Å². The molecule has 1 N–H and O–H groups in total. The fourth-order valence-corrected chi connectivity index (χ4v) is 3.76. The number of hydrogen-bond acceptors (Lipinski definition) is 3. The van der Waals surface area contributed by atoms with Crippen LogP contribution in [0.25, 0.3) is 0 Å². The van der Waals surface area contributed by atoms with Gasteiger partial charge < -0.3 is 14.9 Å². The summed E-state index contributed by atoms with van der Waals surface area (Å²) in [7, 11) is 0. The molecule has 5 nitrogen and oxygen atoms in total. The molecule has 3 rings (SSSR count). The Balaban J connectivity index is 1.60. The van der Waals surface area contributed by atoms with Gasteiger partial charge in [-0.05, 0) is 31.6 Å². The third-order valence-electron chi connectivity index (χ3n) is 5.13. The fraction of sp³-hybridized carbons (Fsp3) is 0.875. The first kappa shape index (κ1) is 14.8. The Morgan fingerprint density at radius 1 is 1.24 bits per heavy atom. The third-order valence-corrected chi connectivity index (χ3v) is 5.13. The fourth-order valence-electron chi connectivity index (χ4n) is 3.76. The monoisotopic (exact) mass is 294 g/mol. The zero-order valence-corrected chi connectivity index (χ0v) is 12.7. The molecule has 2 aliphatic carbocycles. The number of carbonyl (C=O) groups is 2. The number of carbonyl (C=O) groups excluding carboxylic acids is 2. The normalized spacial score (nSPS) is 26.6. The molecule has 118 valence electrons. The minimum Gasteiger partial charge on any atom is -0.395 e. The number of nitrogens with zero attached hydrogens (tertiary/aromatic N) is 2. The first-order valence-corrected chi connectivity index (χ1v) is 8.38. The summed E-state index contributed by atoms with van der Waals surface area (Å²) in [6, 6.07) is 0.275. The summed E-state index contributed by atoms with van der Waals surface area (Å²) in [6.07, 6.45) is 7.22. The molecule has 5 heteroatoms. The highest BCUT2D eigenvalue weighted by atomic mass is 16.3. The smallest absolute Gasteiger partial charge is 0.228 e. The van der Waals surface area contributed by atoms with Gasteiger partial charge in [0, 0.05) is 32.1 Å². The summed E-state index contributed by atoms with van der Waals surface area (Å²) in [5.41, 5.74) is 0. The van der Waals surface area contributed by atoms with E-state index < -0.39 is 0 Å². The van der Waals surface area contributed by atoms with E-state index in [1.54, 1.807) is 0 Å². The topological polar surface area (TPSA) is 60.9 Å². The standard InChI is InChI=1S/C16H26N2O3/c19-8-7-18(14-3-1-2-4-14)16(21)13-9-15(20)17(11-13)10-12-5-6-12/h12-14,19H,1-11H2. The number of aliphatic hydroxyl groups excluding tert-OH is 1. The van der Waals surface area contributed by atoms with E-state index >= 15 is 0 Å². The summed E-state index contributed by atoms with van der Waals surface area (Å²) in [5.74, 6) is 0.702. The lowest BCUT2D eigenvalue weighted by Crippen LogP contribution is -2.44. The van der Waals surface area contributed by atoms with Crippen LogP contribution in [0.4, 0.5) is 0 Å². The quantitative estimate of drug-likeness (QED) is 0.795. The lowest BCUT2D eigenvalue weighted by atomic mass is 10.0. The van der Waals surface area contributed by atoms with Gasteiger partial charge in [-0.1, -0.05) is 12.8 Å². The maximum Gasteiger partial charge on any atom is 0.228 e.